The highest BCUT2D eigenvalue weighted by Gasteiger charge is 2.05. The van der Waals surface area contributed by atoms with Crippen molar-refractivity contribution in [2.75, 3.05) is 20.1 Å². The first-order valence-corrected chi connectivity index (χ1v) is 6.09. The number of halogens is 2. The minimum Gasteiger partial charge on any atom is -0.356 e. The van der Waals surface area contributed by atoms with Crippen LogP contribution in [0.4, 0.5) is 0 Å². The van der Waals surface area contributed by atoms with E-state index in [1.165, 1.54) is 0 Å². The van der Waals surface area contributed by atoms with Crippen LogP contribution >= 0.6 is 24.8 Å². The highest BCUT2D eigenvalue weighted by molar-refractivity contribution is 5.85. The van der Waals surface area contributed by atoms with Crippen LogP contribution in [0, 0.1) is 5.92 Å². The molecule has 0 aliphatic carbocycles. The monoisotopic (exact) mass is 310 g/mol. The van der Waals surface area contributed by atoms with E-state index in [1.807, 2.05) is 17.8 Å². The molecule has 0 saturated carbocycles. The molecule has 1 atom stereocenters. The van der Waals surface area contributed by atoms with Crippen LogP contribution < -0.4 is 10.6 Å². The molecule has 1 aromatic rings. The summed E-state index contributed by atoms with van der Waals surface area (Å²) in [5, 5.41) is 5.98. The van der Waals surface area contributed by atoms with Crippen LogP contribution in [0.5, 0.6) is 0 Å². The van der Waals surface area contributed by atoms with Crippen molar-refractivity contribution in [2.45, 2.75) is 26.3 Å². The van der Waals surface area contributed by atoms with Gasteiger partial charge in [-0.25, -0.2) is 4.98 Å². The lowest BCUT2D eigenvalue weighted by Crippen LogP contribution is -2.30. The Morgan fingerprint density at radius 1 is 1.42 bits per heavy atom. The standard InChI is InChI=1S/C12H22N4O.2ClH/c1-11(9-16-7-6-14-10-16)8-15-12(17)4-3-5-13-2;;/h6-7,10-11,13H,3-5,8-9H2,1-2H3,(H,15,17);2*1H. The molecule has 0 bridgehead atoms. The Hall–Kier alpha value is -0.780. The van der Waals surface area contributed by atoms with Crippen molar-refractivity contribution >= 4 is 30.7 Å². The number of nitrogens with zero attached hydrogens (tertiary/aromatic N) is 2. The quantitative estimate of drug-likeness (QED) is 0.715. The minimum atomic E-state index is 0. The van der Waals surface area contributed by atoms with Crippen molar-refractivity contribution < 1.29 is 4.79 Å². The van der Waals surface area contributed by atoms with E-state index in [1.54, 1.807) is 12.5 Å². The third kappa shape index (κ3) is 9.76. The lowest BCUT2D eigenvalue weighted by Gasteiger charge is -2.13. The third-order valence-corrected chi connectivity index (χ3v) is 2.56. The number of aromatic nitrogens is 2. The van der Waals surface area contributed by atoms with Gasteiger partial charge in [-0.2, -0.15) is 0 Å². The molecule has 0 fully saturated rings. The van der Waals surface area contributed by atoms with Crippen molar-refractivity contribution in [1.82, 2.24) is 20.2 Å². The summed E-state index contributed by atoms with van der Waals surface area (Å²) in [5.74, 6) is 0.551. The highest BCUT2D eigenvalue weighted by Crippen LogP contribution is 1.99. The Morgan fingerprint density at radius 2 is 2.16 bits per heavy atom. The van der Waals surface area contributed by atoms with Gasteiger partial charge in [0.15, 0.2) is 0 Å². The molecule has 1 aromatic heterocycles. The minimum absolute atomic E-state index is 0. The second-order valence-corrected chi connectivity index (χ2v) is 4.38. The zero-order chi connectivity index (χ0) is 12.5. The van der Waals surface area contributed by atoms with Gasteiger partial charge in [0.25, 0.3) is 0 Å². The SMILES string of the molecule is CNCCCC(=O)NCC(C)Cn1ccnc1.Cl.Cl. The van der Waals surface area contributed by atoms with Crippen molar-refractivity contribution in [1.29, 1.82) is 0 Å². The molecule has 1 rings (SSSR count). The largest absolute Gasteiger partial charge is 0.356 e. The number of carbonyl (C=O) groups excluding carboxylic acids is 1. The fourth-order valence-electron chi connectivity index (χ4n) is 1.62. The number of nitrogens with one attached hydrogen (secondary N) is 2. The van der Waals surface area contributed by atoms with E-state index >= 15 is 0 Å². The highest BCUT2D eigenvalue weighted by atomic mass is 35.5. The first-order valence-electron chi connectivity index (χ1n) is 6.09. The lowest BCUT2D eigenvalue weighted by atomic mass is 10.1. The number of carbonyl (C=O) groups is 1. The Balaban J connectivity index is 0. The molecule has 1 unspecified atom stereocenters. The van der Waals surface area contributed by atoms with Crippen LogP contribution in [-0.2, 0) is 11.3 Å². The maximum atomic E-state index is 11.5. The summed E-state index contributed by atoms with van der Waals surface area (Å²) in [6.45, 7) is 4.61. The number of hydrogen-bond donors (Lipinski definition) is 2. The summed E-state index contributed by atoms with van der Waals surface area (Å²) in [5.41, 5.74) is 0. The molecule has 2 N–H and O–H groups in total. The maximum Gasteiger partial charge on any atom is 0.220 e. The summed E-state index contributed by atoms with van der Waals surface area (Å²) in [7, 11) is 1.89. The van der Waals surface area contributed by atoms with Gasteiger partial charge in [-0.1, -0.05) is 6.92 Å². The molecule has 0 saturated heterocycles. The summed E-state index contributed by atoms with van der Waals surface area (Å²) in [4.78, 5) is 15.5. The first-order chi connectivity index (χ1) is 8.22. The average Bonchev–Trinajstić information content (AvgIpc) is 2.79. The van der Waals surface area contributed by atoms with E-state index in [-0.39, 0.29) is 30.7 Å². The number of hydrogen-bond acceptors (Lipinski definition) is 3. The van der Waals surface area contributed by atoms with Gasteiger partial charge in [-0.3, -0.25) is 4.79 Å². The van der Waals surface area contributed by atoms with Gasteiger partial charge in [0.1, 0.15) is 0 Å². The Labute approximate surface area is 127 Å². The molecular weight excluding hydrogens is 287 g/mol. The van der Waals surface area contributed by atoms with Crippen LogP contribution in [0.2, 0.25) is 0 Å². The van der Waals surface area contributed by atoms with Gasteiger partial charge >= 0.3 is 0 Å². The lowest BCUT2D eigenvalue weighted by molar-refractivity contribution is -0.121. The summed E-state index contributed by atoms with van der Waals surface area (Å²) in [6, 6.07) is 0. The molecule has 1 heterocycles. The van der Waals surface area contributed by atoms with E-state index < -0.39 is 0 Å². The molecule has 0 aliphatic rings. The van der Waals surface area contributed by atoms with Crippen molar-refractivity contribution in [2.24, 2.45) is 5.92 Å². The van der Waals surface area contributed by atoms with Crippen LogP contribution in [0.15, 0.2) is 18.7 Å². The Morgan fingerprint density at radius 3 is 2.74 bits per heavy atom. The van der Waals surface area contributed by atoms with Crippen molar-refractivity contribution in [3.63, 3.8) is 0 Å². The molecule has 0 radical (unpaired) electrons. The van der Waals surface area contributed by atoms with Crippen LogP contribution in [0.3, 0.4) is 0 Å². The van der Waals surface area contributed by atoms with E-state index in [4.69, 9.17) is 0 Å². The zero-order valence-electron chi connectivity index (χ0n) is 11.5. The van der Waals surface area contributed by atoms with Crippen LogP contribution in [-0.4, -0.2) is 35.6 Å². The van der Waals surface area contributed by atoms with E-state index in [9.17, 15) is 4.79 Å². The number of imidazole rings is 1. The Bertz CT molecular complexity index is 320. The summed E-state index contributed by atoms with van der Waals surface area (Å²) >= 11 is 0. The fourth-order valence-corrected chi connectivity index (χ4v) is 1.62. The zero-order valence-corrected chi connectivity index (χ0v) is 13.1. The molecule has 1 amide bonds. The molecule has 0 aliphatic heterocycles. The smallest absolute Gasteiger partial charge is 0.220 e. The number of amides is 1. The summed E-state index contributed by atoms with van der Waals surface area (Å²) < 4.78 is 2.03. The second-order valence-electron chi connectivity index (χ2n) is 4.38. The maximum absolute atomic E-state index is 11.5. The predicted molar refractivity (Wildman–Crippen MR) is 82.1 cm³/mol. The first kappa shape index (κ1) is 20.5. The normalized spacial score (nSPS) is 11.1. The third-order valence-electron chi connectivity index (χ3n) is 2.56. The molecule has 7 heteroatoms. The van der Waals surface area contributed by atoms with Crippen molar-refractivity contribution in [3.8, 4) is 0 Å². The summed E-state index contributed by atoms with van der Waals surface area (Å²) in [6.07, 6.45) is 6.98. The van der Waals surface area contributed by atoms with Gasteiger partial charge in [0, 0.05) is 31.9 Å². The predicted octanol–water partition coefficient (Wildman–Crippen LogP) is 1.48. The second kappa shape index (κ2) is 12.3. The van der Waals surface area contributed by atoms with Gasteiger partial charge in [0.2, 0.25) is 5.91 Å². The van der Waals surface area contributed by atoms with E-state index in [2.05, 4.69) is 22.5 Å². The van der Waals surface area contributed by atoms with Crippen LogP contribution in [0.25, 0.3) is 0 Å². The fraction of sp³-hybridized carbons (Fsp3) is 0.667. The topological polar surface area (TPSA) is 59.0 Å². The molecule has 5 nitrogen and oxygen atoms in total. The van der Waals surface area contributed by atoms with E-state index in [0.29, 0.717) is 12.3 Å². The van der Waals surface area contributed by atoms with Gasteiger partial charge in [-0.05, 0) is 25.9 Å². The molecular formula is C12H24Cl2N4O. The van der Waals surface area contributed by atoms with Gasteiger partial charge < -0.3 is 15.2 Å². The molecule has 0 spiro atoms. The Kier molecular flexibility index (Phi) is 13.3. The molecule has 19 heavy (non-hydrogen) atoms. The van der Waals surface area contributed by atoms with E-state index in [0.717, 1.165) is 26.1 Å². The number of rotatable bonds is 8. The van der Waals surface area contributed by atoms with Gasteiger partial charge in [0.05, 0.1) is 6.33 Å². The molecule has 112 valence electrons. The molecule has 0 aromatic carbocycles. The van der Waals surface area contributed by atoms with Gasteiger partial charge in [-0.15, -0.1) is 24.8 Å². The van der Waals surface area contributed by atoms with Crippen LogP contribution in [0.1, 0.15) is 19.8 Å². The average molecular weight is 311 g/mol. The van der Waals surface area contributed by atoms with Crippen molar-refractivity contribution in [3.05, 3.63) is 18.7 Å².